The molecule has 27 heavy (non-hydrogen) atoms. The molecule has 0 radical (unpaired) electrons. The Morgan fingerprint density at radius 2 is 1.59 bits per heavy atom. The molecule has 0 fully saturated rings. The van der Waals surface area contributed by atoms with Gasteiger partial charge in [0.2, 0.25) is 7.37 Å². The maximum atomic E-state index is 14.2. The van der Waals surface area contributed by atoms with Crippen LogP contribution in [0.25, 0.3) is 0 Å². The minimum Gasteiger partial charge on any atom is -0.383 e. The Bertz CT molecular complexity index is 708. The summed E-state index contributed by atoms with van der Waals surface area (Å²) < 4.78 is 25.6. The maximum Gasteiger partial charge on any atom is 0.248 e. The van der Waals surface area contributed by atoms with Gasteiger partial charge in [-0.3, -0.25) is 9.88 Å². The van der Waals surface area contributed by atoms with Gasteiger partial charge in [-0.25, -0.2) is 0 Å². The zero-order chi connectivity index (χ0) is 19.7. The second-order valence-corrected chi connectivity index (χ2v) is 9.29. The summed E-state index contributed by atoms with van der Waals surface area (Å²) in [4.78, 5) is 0. The van der Waals surface area contributed by atoms with E-state index in [1.807, 2.05) is 55.5 Å². The third-order valence-electron chi connectivity index (χ3n) is 4.89. The third-order valence-corrected chi connectivity index (χ3v) is 7.94. The Labute approximate surface area is 163 Å². The predicted octanol–water partition coefficient (Wildman–Crippen LogP) is 4.98. The van der Waals surface area contributed by atoms with E-state index in [-0.39, 0.29) is 17.7 Å². The minimum atomic E-state index is -3.12. The van der Waals surface area contributed by atoms with E-state index < -0.39 is 7.37 Å². The Morgan fingerprint density at radius 3 is 2.11 bits per heavy atom. The average Bonchev–Trinajstić information content (AvgIpc) is 2.72. The largest absolute Gasteiger partial charge is 0.383 e. The first-order chi connectivity index (χ1) is 13.1. The summed E-state index contributed by atoms with van der Waals surface area (Å²) in [7, 11) is -1.43. The molecule has 0 saturated heterocycles. The van der Waals surface area contributed by atoms with Crippen LogP contribution in [-0.4, -0.2) is 26.1 Å². The molecule has 0 saturated carbocycles. The summed E-state index contributed by atoms with van der Waals surface area (Å²) in [6.45, 7) is 7.04. The molecule has 0 aliphatic carbocycles. The first-order valence-corrected chi connectivity index (χ1v) is 11.4. The van der Waals surface area contributed by atoms with Crippen LogP contribution in [0.4, 0.5) is 0 Å². The first kappa shape index (κ1) is 21.8. The van der Waals surface area contributed by atoms with Crippen molar-refractivity contribution in [3.05, 3.63) is 66.2 Å². The van der Waals surface area contributed by atoms with E-state index in [2.05, 4.69) is 31.3 Å². The zero-order valence-electron chi connectivity index (χ0n) is 16.8. The molecular weight excluding hydrogens is 357 g/mol. The van der Waals surface area contributed by atoms with Crippen molar-refractivity contribution < 1.29 is 13.8 Å². The molecule has 2 rings (SSSR count). The van der Waals surface area contributed by atoms with Crippen molar-refractivity contribution in [3.63, 3.8) is 0 Å². The van der Waals surface area contributed by atoms with Gasteiger partial charge in [0.1, 0.15) is 0 Å². The molecule has 0 aliphatic heterocycles. The van der Waals surface area contributed by atoms with Gasteiger partial charge in [-0.2, -0.15) is 0 Å². The Morgan fingerprint density at radius 1 is 1.00 bits per heavy atom. The molecule has 2 aromatic rings. The number of benzene rings is 2. The normalized spacial score (nSPS) is 17.0. The molecule has 1 N–H and O–H groups in total. The van der Waals surface area contributed by atoms with Gasteiger partial charge in [0.05, 0.1) is 25.0 Å². The summed E-state index contributed by atoms with van der Waals surface area (Å²) in [5.41, 5.74) is 1.11. The first-order valence-electron chi connectivity index (χ1n) is 9.66. The van der Waals surface area contributed by atoms with Gasteiger partial charge in [-0.05, 0) is 30.5 Å². The Hall–Kier alpha value is -1.45. The van der Waals surface area contributed by atoms with E-state index in [0.717, 1.165) is 17.3 Å². The highest BCUT2D eigenvalue weighted by Crippen LogP contribution is 2.53. The van der Waals surface area contributed by atoms with Crippen LogP contribution in [0.1, 0.15) is 38.8 Å². The SMILES string of the molecule is CCOP(=O)(c1ccccc1)C(N[C@@H](COC)c1ccccc1)C(C)CC. The van der Waals surface area contributed by atoms with E-state index in [1.165, 1.54) is 0 Å². The van der Waals surface area contributed by atoms with Crippen molar-refractivity contribution in [1.29, 1.82) is 0 Å². The van der Waals surface area contributed by atoms with Crippen LogP contribution in [-0.2, 0) is 13.8 Å². The van der Waals surface area contributed by atoms with Crippen LogP contribution in [0.5, 0.6) is 0 Å². The monoisotopic (exact) mass is 389 g/mol. The third kappa shape index (κ3) is 5.52. The molecule has 0 aromatic heterocycles. The summed E-state index contributed by atoms with van der Waals surface area (Å²) in [6.07, 6.45) is 0.899. The lowest BCUT2D eigenvalue weighted by Gasteiger charge is -2.35. The fourth-order valence-corrected chi connectivity index (χ4v) is 6.12. The number of rotatable bonds is 11. The van der Waals surface area contributed by atoms with Gasteiger partial charge < -0.3 is 9.26 Å². The van der Waals surface area contributed by atoms with Crippen molar-refractivity contribution in [2.75, 3.05) is 20.3 Å². The summed E-state index contributed by atoms with van der Waals surface area (Å²) in [5.74, 6) is -0.129. The van der Waals surface area contributed by atoms with Crippen molar-refractivity contribution in [3.8, 4) is 0 Å². The summed E-state index contributed by atoms with van der Waals surface area (Å²) >= 11 is 0. The summed E-state index contributed by atoms with van der Waals surface area (Å²) in [6, 6.07) is 19.7. The number of hydrogen-bond acceptors (Lipinski definition) is 4. The molecule has 4 nitrogen and oxygen atoms in total. The lowest BCUT2D eigenvalue weighted by atomic mass is 10.1. The fourth-order valence-electron chi connectivity index (χ4n) is 3.26. The maximum absolute atomic E-state index is 14.2. The van der Waals surface area contributed by atoms with Gasteiger partial charge in [0.15, 0.2) is 0 Å². The molecule has 0 bridgehead atoms. The summed E-state index contributed by atoms with van der Waals surface area (Å²) in [5, 5.41) is 4.39. The molecule has 2 aromatic carbocycles. The van der Waals surface area contributed by atoms with Crippen LogP contribution >= 0.6 is 7.37 Å². The molecule has 0 aliphatic rings. The molecular formula is C22H32NO3P. The molecule has 0 spiro atoms. The van der Waals surface area contributed by atoms with Crippen molar-refractivity contribution in [2.45, 2.75) is 39.0 Å². The van der Waals surface area contributed by atoms with Gasteiger partial charge in [-0.1, -0.05) is 68.8 Å². The van der Waals surface area contributed by atoms with E-state index in [4.69, 9.17) is 9.26 Å². The van der Waals surface area contributed by atoms with Crippen LogP contribution < -0.4 is 10.6 Å². The second-order valence-electron chi connectivity index (χ2n) is 6.77. The highest BCUT2D eigenvalue weighted by atomic mass is 31.2. The van der Waals surface area contributed by atoms with Crippen molar-refractivity contribution in [1.82, 2.24) is 5.32 Å². The quantitative estimate of drug-likeness (QED) is 0.551. The molecule has 0 heterocycles. The van der Waals surface area contributed by atoms with Crippen molar-refractivity contribution in [2.24, 2.45) is 5.92 Å². The highest BCUT2D eigenvalue weighted by Gasteiger charge is 2.40. The average molecular weight is 389 g/mol. The fraction of sp³-hybridized carbons (Fsp3) is 0.455. The van der Waals surface area contributed by atoms with Crippen LogP contribution in [0.15, 0.2) is 60.7 Å². The zero-order valence-corrected chi connectivity index (χ0v) is 17.7. The number of nitrogens with one attached hydrogen (secondary N) is 1. The van der Waals surface area contributed by atoms with Crippen molar-refractivity contribution >= 4 is 12.7 Å². The lowest BCUT2D eigenvalue weighted by Crippen LogP contribution is -2.42. The van der Waals surface area contributed by atoms with E-state index in [9.17, 15) is 4.57 Å². The van der Waals surface area contributed by atoms with Gasteiger partial charge >= 0.3 is 0 Å². The lowest BCUT2D eigenvalue weighted by molar-refractivity contribution is 0.159. The molecule has 5 heteroatoms. The van der Waals surface area contributed by atoms with Crippen LogP contribution in [0, 0.1) is 5.92 Å². The minimum absolute atomic E-state index is 0.0623. The molecule has 148 valence electrons. The smallest absolute Gasteiger partial charge is 0.248 e. The van der Waals surface area contributed by atoms with E-state index >= 15 is 0 Å². The van der Waals surface area contributed by atoms with Crippen LogP contribution in [0.2, 0.25) is 0 Å². The Kier molecular flexibility index (Phi) is 8.72. The molecule has 0 amide bonds. The van der Waals surface area contributed by atoms with Gasteiger partial charge in [-0.15, -0.1) is 0 Å². The number of methoxy groups -OCH3 is 1. The molecule has 3 unspecified atom stereocenters. The van der Waals surface area contributed by atoms with E-state index in [0.29, 0.717) is 13.2 Å². The standard InChI is InChI=1S/C22H32NO3P/c1-5-18(3)22(23-21(17-25-4)19-13-9-7-10-14-19)27(24,26-6-2)20-15-11-8-12-16-20/h7-16,18,21-23H,5-6,17H2,1-4H3/t18?,21-,22?,27?/m0/s1. The molecule has 4 atom stereocenters. The van der Waals surface area contributed by atoms with Gasteiger partial charge in [0, 0.05) is 12.4 Å². The predicted molar refractivity (Wildman–Crippen MR) is 113 cm³/mol. The number of ether oxygens (including phenoxy) is 1. The Balaban J connectivity index is 2.44. The van der Waals surface area contributed by atoms with Gasteiger partial charge in [0.25, 0.3) is 0 Å². The second kappa shape index (κ2) is 10.8. The number of hydrogen-bond donors (Lipinski definition) is 1. The van der Waals surface area contributed by atoms with Crippen LogP contribution in [0.3, 0.4) is 0 Å². The van der Waals surface area contributed by atoms with E-state index in [1.54, 1.807) is 7.11 Å². The topological polar surface area (TPSA) is 47.6 Å². The highest BCUT2D eigenvalue weighted by molar-refractivity contribution is 7.67.